The van der Waals surface area contributed by atoms with Gasteiger partial charge in [0.05, 0.1) is 16.8 Å². The van der Waals surface area contributed by atoms with Crippen LogP contribution in [0.3, 0.4) is 0 Å². The maximum Gasteiger partial charge on any atom is 0.410 e. The number of rotatable bonds is 6. The Labute approximate surface area is 239 Å². The van der Waals surface area contributed by atoms with Crippen LogP contribution in [0, 0.1) is 25.5 Å². The first-order valence-corrected chi connectivity index (χ1v) is 12.8. The molecular formula is C31H31F5N2O4. The summed E-state index contributed by atoms with van der Waals surface area (Å²) in [5.41, 5.74) is -0.110. The number of alkyl halides is 3. The number of nitrogens with one attached hydrogen (secondary N) is 1. The first-order valence-electron chi connectivity index (χ1n) is 12.8. The van der Waals surface area contributed by atoms with Gasteiger partial charge >= 0.3 is 6.18 Å². The molecule has 0 saturated heterocycles. The summed E-state index contributed by atoms with van der Waals surface area (Å²) in [5, 5.41) is 12.8. The summed E-state index contributed by atoms with van der Waals surface area (Å²) < 4.78 is 70.7. The highest BCUT2D eigenvalue weighted by Crippen LogP contribution is 2.35. The van der Waals surface area contributed by atoms with E-state index in [1.165, 1.54) is 6.07 Å². The Morgan fingerprint density at radius 3 is 2.10 bits per heavy atom. The third kappa shape index (κ3) is 7.14. The minimum absolute atomic E-state index is 0.0352. The molecule has 0 aliphatic carbocycles. The lowest BCUT2D eigenvalue weighted by Gasteiger charge is -2.26. The normalized spacial score (nSPS) is 12.0. The molecule has 0 atom stereocenters. The fraction of sp³-hybridized carbons (Fsp3) is 0.290. The van der Waals surface area contributed by atoms with E-state index in [9.17, 15) is 36.6 Å². The van der Waals surface area contributed by atoms with Gasteiger partial charge in [0.1, 0.15) is 11.4 Å². The van der Waals surface area contributed by atoms with Crippen molar-refractivity contribution in [3.05, 3.63) is 99.3 Å². The first kappa shape index (κ1) is 32.3. The van der Waals surface area contributed by atoms with Crippen LogP contribution in [0.25, 0.3) is 16.6 Å². The summed E-state index contributed by atoms with van der Waals surface area (Å²) in [7, 11) is 0. The number of aromatic nitrogens is 1. The molecular weight excluding hydrogens is 559 g/mol. The van der Waals surface area contributed by atoms with Gasteiger partial charge in [-0.2, -0.15) is 13.2 Å². The van der Waals surface area contributed by atoms with Gasteiger partial charge in [-0.25, -0.2) is 8.78 Å². The SMILES string of the molecule is CC(C)(NC=O)C(F)(F)F.Cc1ccc2c(=O)c(C)cn(-c3cc(C(C)(C)O)ccc3Oc3ccc(F)cc3F)c2c1. The summed E-state index contributed by atoms with van der Waals surface area (Å²) in [5.74, 6) is -1.39. The fourth-order valence-electron chi connectivity index (χ4n) is 3.84. The quantitative estimate of drug-likeness (QED) is 0.188. The molecule has 0 bridgehead atoms. The number of ether oxygens (including phenoxy) is 1. The molecule has 6 nitrogen and oxygen atoms in total. The van der Waals surface area contributed by atoms with Gasteiger partial charge in [-0.3, -0.25) is 9.59 Å². The summed E-state index contributed by atoms with van der Waals surface area (Å²) in [4.78, 5) is 22.4. The van der Waals surface area contributed by atoms with Crippen LogP contribution >= 0.6 is 0 Å². The summed E-state index contributed by atoms with van der Waals surface area (Å²) in [6.45, 7) is 8.74. The number of hydrogen-bond donors (Lipinski definition) is 2. The predicted molar refractivity (Wildman–Crippen MR) is 150 cm³/mol. The third-order valence-electron chi connectivity index (χ3n) is 6.51. The molecule has 0 saturated carbocycles. The smallest absolute Gasteiger partial charge is 0.410 e. The lowest BCUT2D eigenvalue weighted by atomic mass is 9.97. The second kappa shape index (κ2) is 11.9. The number of aliphatic hydroxyl groups is 1. The molecule has 1 heterocycles. The molecule has 0 fully saturated rings. The molecule has 11 heteroatoms. The Kier molecular flexibility index (Phi) is 9.16. The molecule has 1 amide bonds. The van der Waals surface area contributed by atoms with E-state index in [1.807, 2.05) is 19.1 Å². The average molecular weight is 591 g/mol. The third-order valence-corrected chi connectivity index (χ3v) is 6.51. The molecule has 0 aliphatic heterocycles. The van der Waals surface area contributed by atoms with E-state index in [2.05, 4.69) is 0 Å². The van der Waals surface area contributed by atoms with Crippen LogP contribution in [0.1, 0.15) is 44.4 Å². The zero-order valence-corrected chi connectivity index (χ0v) is 23.9. The van der Waals surface area contributed by atoms with Crippen molar-refractivity contribution >= 4 is 17.3 Å². The molecule has 2 N–H and O–H groups in total. The molecule has 1 aromatic heterocycles. The lowest BCUT2D eigenvalue weighted by Crippen LogP contribution is -2.51. The number of nitrogens with zero attached hydrogens (tertiary/aromatic N) is 1. The van der Waals surface area contributed by atoms with Crippen molar-refractivity contribution in [3.63, 3.8) is 0 Å². The van der Waals surface area contributed by atoms with Crippen molar-refractivity contribution in [2.24, 2.45) is 0 Å². The van der Waals surface area contributed by atoms with Gasteiger partial charge in [-0.05, 0) is 89.1 Å². The van der Waals surface area contributed by atoms with Crippen LogP contribution in [-0.2, 0) is 10.4 Å². The molecule has 3 aromatic carbocycles. The van der Waals surface area contributed by atoms with Crippen LogP contribution in [0.5, 0.6) is 11.5 Å². The number of fused-ring (bicyclic) bond motifs is 1. The first-order chi connectivity index (χ1) is 19.4. The number of aryl methyl sites for hydroxylation is 2. The Morgan fingerprint density at radius 2 is 1.55 bits per heavy atom. The number of hydrogen-bond acceptors (Lipinski definition) is 4. The fourth-order valence-corrected chi connectivity index (χ4v) is 3.84. The molecule has 0 aliphatic rings. The van der Waals surface area contributed by atoms with E-state index >= 15 is 0 Å². The molecule has 0 spiro atoms. The van der Waals surface area contributed by atoms with Crippen LogP contribution in [0.4, 0.5) is 22.0 Å². The summed E-state index contributed by atoms with van der Waals surface area (Å²) in [6.07, 6.45) is -2.66. The average Bonchev–Trinajstić information content (AvgIpc) is 2.87. The second-order valence-electron chi connectivity index (χ2n) is 10.8. The largest absolute Gasteiger partial charge is 0.452 e. The molecule has 4 rings (SSSR count). The predicted octanol–water partition coefficient (Wildman–Crippen LogP) is 6.98. The highest BCUT2D eigenvalue weighted by molar-refractivity contribution is 5.82. The van der Waals surface area contributed by atoms with Crippen molar-refractivity contribution < 1.29 is 36.6 Å². The van der Waals surface area contributed by atoms with Crippen molar-refractivity contribution in [1.82, 2.24) is 9.88 Å². The number of halogens is 5. The molecule has 0 radical (unpaired) electrons. The Balaban J connectivity index is 0.000000416. The highest BCUT2D eigenvalue weighted by atomic mass is 19.4. The minimum Gasteiger partial charge on any atom is -0.452 e. The van der Waals surface area contributed by atoms with E-state index in [4.69, 9.17) is 4.74 Å². The van der Waals surface area contributed by atoms with Crippen LogP contribution in [0.15, 0.2) is 65.6 Å². The topological polar surface area (TPSA) is 80.6 Å². The molecule has 0 unspecified atom stereocenters. The monoisotopic (exact) mass is 590 g/mol. The van der Waals surface area contributed by atoms with Crippen LogP contribution < -0.4 is 15.5 Å². The van der Waals surface area contributed by atoms with Gasteiger partial charge in [-0.1, -0.05) is 12.1 Å². The number of carbonyl (C=O) groups is 1. The standard InChI is InChI=1S/C26H23F2NO3.C5H8F3NO/c1-15-5-8-19-21(11-15)29(14-16(2)25(19)30)22-12-17(26(3,4)31)6-9-24(22)32-23-10-7-18(27)13-20(23)28;1-4(2,9-3-10)5(6,7)8/h5-14,31H,1-4H3;3H,1-2H3,(H,9,10). The van der Waals surface area contributed by atoms with Crippen molar-refractivity contribution in [3.8, 4) is 17.2 Å². The van der Waals surface area contributed by atoms with Crippen molar-refractivity contribution in [2.45, 2.75) is 58.9 Å². The molecule has 224 valence electrons. The van der Waals surface area contributed by atoms with Crippen molar-refractivity contribution in [2.75, 3.05) is 0 Å². The second-order valence-corrected chi connectivity index (χ2v) is 10.8. The zero-order chi connectivity index (χ0) is 31.6. The van der Waals surface area contributed by atoms with E-state index in [-0.39, 0.29) is 23.3 Å². The van der Waals surface area contributed by atoms with Gasteiger partial charge < -0.3 is 19.7 Å². The van der Waals surface area contributed by atoms with E-state index in [0.29, 0.717) is 27.7 Å². The molecule has 42 heavy (non-hydrogen) atoms. The van der Waals surface area contributed by atoms with Crippen molar-refractivity contribution in [1.29, 1.82) is 0 Å². The lowest BCUT2D eigenvalue weighted by molar-refractivity contribution is -0.186. The Hall–Kier alpha value is -4.25. The number of pyridine rings is 1. The highest BCUT2D eigenvalue weighted by Gasteiger charge is 2.47. The minimum atomic E-state index is -4.39. The molecule has 4 aromatic rings. The van der Waals surface area contributed by atoms with Gasteiger partial charge in [0.2, 0.25) is 6.41 Å². The van der Waals surface area contributed by atoms with Gasteiger partial charge in [0, 0.05) is 23.2 Å². The summed E-state index contributed by atoms with van der Waals surface area (Å²) in [6, 6.07) is 13.7. The van der Waals surface area contributed by atoms with Gasteiger partial charge in [0.15, 0.2) is 22.7 Å². The van der Waals surface area contributed by atoms with Gasteiger partial charge in [-0.15, -0.1) is 0 Å². The van der Waals surface area contributed by atoms with Gasteiger partial charge in [0.25, 0.3) is 0 Å². The van der Waals surface area contributed by atoms with E-state index in [0.717, 1.165) is 31.5 Å². The zero-order valence-electron chi connectivity index (χ0n) is 23.9. The van der Waals surface area contributed by atoms with Crippen LogP contribution in [0.2, 0.25) is 0 Å². The Bertz CT molecular complexity index is 1670. The van der Waals surface area contributed by atoms with E-state index in [1.54, 1.807) is 61.1 Å². The number of benzene rings is 3. The van der Waals surface area contributed by atoms with Crippen LogP contribution in [-0.4, -0.2) is 27.8 Å². The maximum atomic E-state index is 14.3. The van der Waals surface area contributed by atoms with E-state index < -0.39 is 29.0 Å². The summed E-state index contributed by atoms with van der Waals surface area (Å²) >= 11 is 0. The number of carbonyl (C=O) groups excluding carboxylic acids is 1. The Morgan fingerprint density at radius 1 is 0.905 bits per heavy atom. The maximum absolute atomic E-state index is 14.3. The number of amides is 1.